The molecule has 0 radical (unpaired) electrons. The summed E-state index contributed by atoms with van der Waals surface area (Å²) in [5.41, 5.74) is 0.350. The summed E-state index contributed by atoms with van der Waals surface area (Å²) in [6, 6.07) is 6.47. The third kappa shape index (κ3) is 6.08. The number of amides is 1. The zero-order chi connectivity index (χ0) is 18.4. The van der Waals surface area contributed by atoms with Crippen LogP contribution in [0.15, 0.2) is 39.7 Å². The van der Waals surface area contributed by atoms with E-state index in [0.717, 1.165) is 11.8 Å². The lowest BCUT2D eigenvalue weighted by molar-refractivity contribution is -0.119. The molecule has 0 aliphatic carbocycles. The summed E-state index contributed by atoms with van der Waals surface area (Å²) in [7, 11) is 0. The van der Waals surface area contributed by atoms with Crippen molar-refractivity contribution in [2.45, 2.75) is 20.0 Å². The Hall–Kier alpha value is -2.02. The van der Waals surface area contributed by atoms with E-state index in [-0.39, 0.29) is 5.91 Å². The molecule has 2 rings (SSSR count). The van der Waals surface area contributed by atoms with Gasteiger partial charge in [-0.25, -0.2) is 0 Å². The van der Waals surface area contributed by atoms with E-state index in [1.54, 1.807) is 12.1 Å². The van der Waals surface area contributed by atoms with Gasteiger partial charge in [-0.2, -0.15) is 0 Å². The fraction of sp³-hybridized carbons (Fsp3) is 0.294. The Kier molecular flexibility index (Phi) is 6.87. The van der Waals surface area contributed by atoms with E-state index in [4.69, 9.17) is 27.6 Å². The third-order valence-corrected chi connectivity index (χ3v) is 4.04. The summed E-state index contributed by atoms with van der Waals surface area (Å²) in [4.78, 5) is 24.6. The molecule has 1 heterocycles. The number of aromatic hydroxyl groups is 1. The SMILES string of the molecule is CC(=O)NCCN(Cc1cc(=O)c(O)co1)Cc1ccc(Cl)cc1Cl. The van der Waals surface area contributed by atoms with Crippen LogP contribution in [0, 0.1) is 0 Å². The molecule has 0 aliphatic heterocycles. The quantitative estimate of drug-likeness (QED) is 0.766. The number of carbonyl (C=O) groups is 1. The Morgan fingerprint density at radius 1 is 1.28 bits per heavy atom. The highest BCUT2D eigenvalue weighted by Gasteiger charge is 2.12. The Morgan fingerprint density at radius 2 is 2.04 bits per heavy atom. The fourth-order valence-corrected chi connectivity index (χ4v) is 2.71. The zero-order valence-corrected chi connectivity index (χ0v) is 15.1. The van der Waals surface area contributed by atoms with Gasteiger partial charge in [-0.15, -0.1) is 0 Å². The maximum Gasteiger partial charge on any atom is 0.226 e. The van der Waals surface area contributed by atoms with Crippen molar-refractivity contribution in [1.29, 1.82) is 0 Å². The minimum absolute atomic E-state index is 0.124. The van der Waals surface area contributed by atoms with Gasteiger partial charge in [0, 0.05) is 42.7 Å². The third-order valence-electron chi connectivity index (χ3n) is 3.46. The molecule has 2 aromatic rings. The Morgan fingerprint density at radius 3 is 2.68 bits per heavy atom. The second-order valence-electron chi connectivity index (χ2n) is 5.53. The van der Waals surface area contributed by atoms with Crippen LogP contribution < -0.4 is 10.7 Å². The molecule has 6 nitrogen and oxygen atoms in total. The number of hydrogen-bond acceptors (Lipinski definition) is 5. The summed E-state index contributed by atoms with van der Waals surface area (Å²) in [5.74, 6) is -0.161. The second-order valence-corrected chi connectivity index (χ2v) is 6.37. The summed E-state index contributed by atoms with van der Waals surface area (Å²) < 4.78 is 5.25. The lowest BCUT2D eigenvalue weighted by Crippen LogP contribution is -2.33. The molecule has 0 saturated heterocycles. The van der Waals surface area contributed by atoms with E-state index in [2.05, 4.69) is 5.32 Å². The molecule has 1 aromatic heterocycles. The number of benzene rings is 1. The molecule has 0 fully saturated rings. The van der Waals surface area contributed by atoms with Crippen molar-refractivity contribution < 1.29 is 14.3 Å². The van der Waals surface area contributed by atoms with Gasteiger partial charge in [0.25, 0.3) is 0 Å². The molecule has 0 atom stereocenters. The maximum absolute atomic E-state index is 11.6. The lowest BCUT2D eigenvalue weighted by atomic mass is 10.2. The molecule has 8 heteroatoms. The monoisotopic (exact) mass is 384 g/mol. The summed E-state index contributed by atoms with van der Waals surface area (Å²) in [6.45, 7) is 3.18. The topological polar surface area (TPSA) is 82.8 Å². The molecule has 2 N–H and O–H groups in total. The molecule has 1 aromatic carbocycles. The van der Waals surface area contributed by atoms with Crippen LogP contribution in [0.4, 0.5) is 0 Å². The average molecular weight is 385 g/mol. The molecular weight excluding hydrogens is 367 g/mol. The van der Waals surface area contributed by atoms with Crippen LogP contribution in [0.25, 0.3) is 0 Å². The molecule has 25 heavy (non-hydrogen) atoms. The van der Waals surface area contributed by atoms with Crippen molar-refractivity contribution in [3.63, 3.8) is 0 Å². The lowest BCUT2D eigenvalue weighted by Gasteiger charge is -2.22. The fourth-order valence-electron chi connectivity index (χ4n) is 2.24. The van der Waals surface area contributed by atoms with Crippen molar-refractivity contribution in [3.05, 3.63) is 62.1 Å². The van der Waals surface area contributed by atoms with E-state index in [1.165, 1.54) is 13.0 Å². The average Bonchev–Trinajstić information content (AvgIpc) is 2.53. The number of rotatable bonds is 7. The molecule has 134 valence electrons. The van der Waals surface area contributed by atoms with Gasteiger partial charge in [0.05, 0.1) is 6.54 Å². The first kappa shape index (κ1) is 19.3. The van der Waals surface area contributed by atoms with E-state index < -0.39 is 11.2 Å². The Labute approximate surface area is 155 Å². The normalized spacial score (nSPS) is 10.9. The molecule has 1 amide bonds. The molecule has 0 unspecified atom stereocenters. The minimum Gasteiger partial charge on any atom is -0.502 e. The highest BCUT2D eigenvalue weighted by atomic mass is 35.5. The number of nitrogens with one attached hydrogen (secondary N) is 1. The largest absolute Gasteiger partial charge is 0.502 e. The minimum atomic E-state index is -0.507. The first-order valence-corrected chi connectivity index (χ1v) is 8.32. The van der Waals surface area contributed by atoms with Crippen molar-refractivity contribution in [2.75, 3.05) is 13.1 Å². The first-order chi connectivity index (χ1) is 11.8. The standard InChI is InChI=1S/C17H18Cl2N2O4/c1-11(22)20-4-5-21(8-12-2-3-13(18)6-15(12)19)9-14-7-16(23)17(24)10-25-14/h2-3,6-7,10,24H,4-5,8-9H2,1H3,(H,20,22). The van der Waals surface area contributed by atoms with Gasteiger partial charge in [0.2, 0.25) is 11.3 Å². The molecule has 0 bridgehead atoms. The van der Waals surface area contributed by atoms with Gasteiger partial charge >= 0.3 is 0 Å². The predicted octanol–water partition coefficient (Wildman–Crippen LogP) is 2.79. The van der Waals surface area contributed by atoms with Crippen LogP contribution in [-0.4, -0.2) is 29.0 Å². The van der Waals surface area contributed by atoms with E-state index >= 15 is 0 Å². The molecular formula is C17H18Cl2N2O4. The second kappa shape index (κ2) is 8.89. The highest BCUT2D eigenvalue weighted by Crippen LogP contribution is 2.23. The molecule has 0 saturated carbocycles. The smallest absolute Gasteiger partial charge is 0.226 e. The summed E-state index contributed by atoms with van der Waals surface area (Å²) >= 11 is 12.1. The van der Waals surface area contributed by atoms with Gasteiger partial charge in [-0.1, -0.05) is 29.3 Å². The van der Waals surface area contributed by atoms with Crippen LogP contribution in [0.2, 0.25) is 10.0 Å². The van der Waals surface area contributed by atoms with Gasteiger partial charge in [-0.3, -0.25) is 14.5 Å². The van der Waals surface area contributed by atoms with Crippen molar-refractivity contribution in [3.8, 4) is 5.75 Å². The number of carbonyl (C=O) groups excluding carboxylic acids is 1. The number of nitrogens with zero attached hydrogens (tertiary/aromatic N) is 1. The van der Waals surface area contributed by atoms with Crippen LogP contribution in [0.5, 0.6) is 5.75 Å². The summed E-state index contributed by atoms with van der Waals surface area (Å²) in [5, 5.41) is 13.1. The van der Waals surface area contributed by atoms with E-state index in [9.17, 15) is 14.7 Å². The molecule has 0 spiro atoms. The van der Waals surface area contributed by atoms with E-state index in [0.29, 0.717) is 42.0 Å². The van der Waals surface area contributed by atoms with E-state index in [1.807, 2.05) is 11.0 Å². The van der Waals surface area contributed by atoms with Crippen LogP contribution >= 0.6 is 23.2 Å². The van der Waals surface area contributed by atoms with Crippen LogP contribution in [-0.2, 0) is 17.9 Å². The van der Waals surface area contributed by atoms with Crippen molar-refractivity contribution in [1.82, 2.24) is 10.2 Å². The highest BCUT2D eigenvalue weighted by molar-refractivity contribution is 6.35. The van der Waals surface area contributed by atoms with Gasteiger partial charge in [0.15, 0.2) is 5.75 Å². The zero-order valence-electron chi connectivity index (χ0n) is 13.6. The summed E-state index contributed by atoms with van der Waals surface area (Å²) in [6.07, 6.45) is 1.01. The first-order valence-electron chi connectivity index (χ1n) is 7.56. The van der Waals surface area contributed by atoms with Gasteiger partial charge < -0.3 is 14.8 Å². The van der Waals surface area contributed by atoms with Gasteiger partial charge in [-0.05, 0) is 17.7 Å². The van der Waals surface area contributed by atoms with Crippen LogP contribution in [0.3, 0.4) is 0 Å². The number of hydrogen-bond donors (Lipinski definition) is 2. The van der Waals surface area contributed by atoms with Crippen LogP contribution in [0.1, 0.15) is 18.2 Å². The maximum atomic E-state index is 11.6. The van der Waals surface area contributed by atoms with Gasteiger partial charge in [0.1, 0.15) is 12.0 Å². The molecule has 0 aliphatic rings. The Bertz CT molecular complexity index is 807. The predicted molar refractivity (Wildman–Crippen MR) is 95.9 cm³/mol. The number of halogens is 2. The van der Waals surface area contributed by atoms with Crippen molar-refractivity contribution in [2.24, 2.45) is 0 Å². The van der Waals surface area contributed by atoms with Crippen molar-refractivity contribution >= 4 is 29.1 Å². The Balaban J connectivity index is 2.14.